The monoisotopic (exact) mass is 385 g/mol. The van der Waals surface area contributed by atoms with Crippen LogP contribution >= 0.6 is 0 Å². The number of fused-ring (bicyclic) bond motifs is 3. The number of Topliss-reactive ketones (excluding diaryl/α,β-unsaturated/α-hetero) is 1. The van der Waals surface area contributed by atoms with Crippen molar-refractivity contribution in [2.75, 3.05) is 7.11 Å². The van der Waals surface area contributed by atoms with Crippen LogP contribution in [0.5, 0.6) is 5.75 Å². The highest BCUT2D eigenvalue weighted by Crippen LogP contribution is 2.38. The number of pyridine rings is 1. The number of carbonyl (C=O) groups is 1. The highest BCUT2D eigenvalue weighted by molar-refractivity contribution is 6.02. The van der Waals surface area contributed by atoms with E-state index < -0.39 is 0 Å². The standard InChI is InChI=1S/C23H19N3O3/c1-29-20-10-6-5-9-16(20)14-11-17-18(19(27)12-14)13-24-22-21(17)23(28)26(25-22)15-7-3-2-4-8-15/h2-10,13-14H,11-12H2,1H3,(H,24,25)/t14-/m0/s1. The molecular formula is C23H19N3O3. The van der Waals surface area contributed by atoms with Gasteiger partial charge in [0.15, 0.2) is 11.4 Å². The maximum Gasteiger partial charge on any atom is 0.281 e. The van der Waals surface area contributed by atoms with Gasteiger partial charge in [-0.1, -0.05) is 36.4 Å². The molecule has 2 aromatic heterocycles. The minimum absolute atomic E-state index is 0.00316. The fourth-order valence-electron chi connectivity index (χ4n) is 4.22. The van der Waals surface area contributed by atoms with Gasteiger partial charge < -0.3 is 4.74 Å². The van der Waals surface area contributed by atoms with Crippen LogP contribution in [0.3, 0.4) is 0 Å². The Morgan fingerprint density at radius 3 is 2.59 bits per heavy atom. The summed E-state index contributed by atoms with van der Waals surface area (Å²) in [6.07, 6.45) is 2.55. The number of aromatic nitrogens is 3. The molecule has 0 unspecified atom stereocenters. The molecule has 6 heteroatoms. The lowest BCUT2D eigenvalue weighted by Gasteiger charge is -2.25. The van der Waals surface area contributed by atoms with Crippen molar-refractivity contribution in [3.63, 3.8) is 0 Å². The number of nitrogens with one attached hydrogen (secondary N) is 1. The Morgan fingerprint density at radius 2 is 1.79 bits per heavy atom. The number of hydrogen-bond donors (Lipinski definition) is 1. The van der Waals surface area contributed by atoms with Crippen molar-refractivity contribution in [3.8, 4) is 11.4 Å². The third kappa shape index (κ3) is 2.76. The highest BCUT2D eigenvalue weighted by Gasteiger charge is 2.31. The smallest absolute Gasteiger partial charge is 0.281 e. The second-order valence-electron chi connectivity index (χ2n) is 7.23. The zero-order chi connectivity index (χ0) is 20.0. The third-order valence-corrected chi connectivity index (χ3v) is 5.60. The van der Waals surface area contributed by atoms with E-state index in [1.807, 2.05) is 54.6 Å². The van der Waals surface area contributed by atoms with Gasteiger partial charge in [0.05, 0.1) is 18.2 Å². The van der Waals surface area contributed by atoms with E-state index in [2.05, 4.69) is 10.1 Å². The first kappa shape index (κ1) is 17.4. The van der Waals surface area contributed by atoms with Crippen molar-refractivity contribution in [2.24, 2.45) is 0 Å². The lowest BCUT2D eigenvalue weighted by Crippen LogP contribution is -2.22. The Morgan fingerprint density at radius 1 is 1.03 bits per heavy atom. The van der Waals surface area contributed by atoms with Crippen LogP contribution in [0, 0.1) is 0 Å². The Bertz CT molecular complexity index is 1290. The summed E-state index contributed by atoms with van der Waals surface area (Å²) in [5.41, 5.74) is 3.32. The van der Waals surface area contributed by atoms with Gasteiger partial charge in [0.1, 0.15) is 5.75 Å². The van der Waals surface area contributed by atoms with E-state index in [1.54, 1.807) is 13.3 Å². The molecule has 0 aliphatic heterocycles. The molecule has 0 amide bonds. The number of ketones is 1. The van der Waals surface area contributed by atoms with Crippen molar-refractivity contribution in [3.05, 3.63) is 87.8 Å². The quantitative estimate of drug-likeness (QED) is 0.584. The lowest BCUT2D eigenvalue weighted by molar-refractivity contribution is 0.0964. The van der Waals surface area contributed by atoms with Gasteiger partial charge in [-0.15, -0.1) is 0 Å². The predicted molar refractivity (Wildman–Crippen MR) is 110 cm³/mol. The molecule has 2 heterocycles. The molecule has 1 aliphatic carbocycles. The van der Waals surface area contributed by atoms with Crippen LogP contribution in [-0.4, -0.2) is 27.7 Å². The Hall–Kier alpha value is -3.67. The van der Waals surface area contributed by atoms with Crippen LogP contribution in [0.1, 0.15) is 33.8 Å². The molecule has 0 spiro atoms. The van der Waals surface area contributed by atoms with Crippen LogP contribution in [0.2, 0.25) is 0 Å². The predicted octanol–water partition coefficient (Wildman–Crippen LogP) is 3.64. The van der Waals surface area contributed by atoms with Crippen molar-refractivity contribution in [1.29, 1.82) is 0 Å². The summed E-state index contributed by atoms with van der Waals surface area (Å²) in [7, 11) is 1.63. The zero-order valence-corrected chi connectivity index (χ0v) is 15.9. The second-order valence-corrected chi connectivity index (χ2v) is 7.23. The summed E-state index contributed by atoms with van der Waals surface area (Å²) in [5.74, 6) is 0.717. The first-order valence-electron chi connectivity index (χ1n) is 9.51. The number of para-hydroxylation sites is 2. The van der Waals surface area contributed by atoms with E-state index in [0.29, 0.717) is 29.4 Å². The normalized spacial score (nSPS) is 16.0. The van der Waals surface area contributed by atoms with Gasteiger partial charge in [-0.05, 0) is 41.7 Å². The minimum atomic E-state index is -0.191. The Labute approximate surface area is 166 Å². The molecule has 4 aromatic rings. The summed E-state index contributed by atoms with van der Waals surface area (Å²) in [6, 6.07) is 17.1. The average Bonchev–Trinajstić information content (AvgIpc) is 3.11. The van der Waals surface area contributed by atoms with Gasteiger partial charge in [0.2, 0.25) is 0 Å². The molecule has 1 N–H and O–H groups in total. The van der Waals surface area contributed by atoms with E-state index in [4.69, 9.17) is 4.74 Å². The number of carbonyl (C=O) groups excluding carboxylic acids is 1. The summed E-state index contributed by atoms with van der Waals surface area (Å²) in [4.78, 5) is 30.5. The second kappa shape index (κ2) is 6.74. The number of methoxy groups -OCH3 is 1. The van der Waals surface area contributed by atoms with Crippen LogP contribution in [0.4, 0.5) is 0 Å². The van der Waals surface area contributed by atoms with Crippen LogP contribution < -0.4 is 10.3 Å². The molecule has 5 rings (SSSR count). The topological polar surface area (TPSA) is 77.0 Å². The first-order chi connectivity index (χ1) is 14.2. The van der Waals surface area contributed by atoms with Crippen molar-refractivity contribution < 1.29 is 9.53 Å². The molecule has 29 heavy (non-hydrogen) atoms. The first-order valence-corrected chi connectivity index (χ1v) is 9.51. The maximum atomic E-state index is 13.2. The van der Waals surface area contributed by atoms with Gasteiger partial charge in [-0.25, -0.2) is 9.67 Å². The van der Waals surface area contributed by atoms with Crippen molar-refractivity contribution >= 4 is 16.8 Å². The van der Waals surface area contributed by atoms with Crippen molar-refractivity contribution in [1.82, 2.24) is 14.8 Å². The summed E-state index contributed by atoms with van der Waals surface area (Å²) in [6.45, 7) is 0. The summed E-state index contributed by atoms with van der Waals surface area (Å²) >= 11 is 0. The van der Waals surface area contributed by atoms with Crippen molar-refractivity contribution in [2.45, 2.75) is 18.8 Å². The molecule has 144 valence electrons. The minimum Gasteiger partial charge on any atom is -0.496 e. The number of H-pyrrole nitrogens is 1. The van der Waals surface area contributed by atoms with Gasteiger partial charge >= 0.3 is 0 Å². The SMILES string of the molecule is COc1ccccc1[C@@H]1CC(=O)c2cnc3[nH]n(-c4ccccc4)c(=O)c3c2C1. The fourth-order valence-corrected chi connectivity index (χ4v) is 4.22. The number of nitrogens with zero attached hydrogens (tertiary/aromatic N) is 2. The Kier molecular flexibility index (Phi) is 4.05. The molecule has 0 bridgehead atoms. The van der Waals surface area contributed by atoms with Crippen LogP contribution in [-0.2, 0) is 6.42 Å². The maximum absolute atomic E-state index is 13.2. The molecule has 2 aromatic carbocycles. The van der Waals surface area contributed by atoms with E-state index >= 15 is 0 Å². The summed E-state index contributed by atoms with van der Waals surface area (Å²) < 4.78 is 6.98. The number of rotatable bonds is 3. The van der Waals surface area contributed by atoms with E-state index in [-0.39, 0.29) is 17.3 Å². The number of benzene rings is 2. The average molecular weight is 385 g/mol. The Balaban J connectivity index is 1.68. The number of aromatic amines is 1. The zero-order valence-electron chi connectivity index (χ0n) is 15.9. The van der Waals surface area contributed by atoms with Crippen LogP contribution in [0.25, 0.3) is 16.7 Å². The van der Waals surface area contributed by atoms with Gasteiger partial charge in [0.25, 0.3) is 5.56 Å². The van der Waals surface area contributed by atoms with Crippen LogP contribution in [0.15, 0.2) is 65.6 Å². The largest absolute Gasteiger partial charge is 0.496 e. The lowest BCUT2D eigenvalue weighted by atomic mass is 9.79. The molecule has 1 atom stereocenters. The number of ether oxygens (including phenoxy) is 1. The molecule has 0 radical (unpaired) electrons. The summed E-state index contributed by atoms with van der Waals surface area (Å²) in [5, 5.41) is 3.56. The van der Waals surface area contributed by atoms with E-state index in [0.717, 1.165) is 22.6 Å². The third-order valence-electron chi connectivity index (χ3n) is 5.60. The number of hydrogen-bond acceptors (Lipinski definition) is 4. The van der Waals surface area contributed by atoms with E-state index in [9.17, 15) is 9.59 Å². The van der Waals surface area contributed by atoms with Gasteiger partial charge in [-0.3, -0.25) is 14.7 Å². The highest BCUT2D eigenvalue weighted by atomic mass is 16.5. The molecule has 1 aliphatic rings. The van der Waals surface area contributed by atoms with E-state index in [1.165, 1.54) is 4.68 Å². The van der Waals surface area contributed by atoms with Gasteiger partial charge in [0, 0.05) is 18.2 Å². The molecular weight excluding hydrogens is 366 g/mol. The van der Waals surface area contributed by atoms with Gasteiger partial charge in [-0.2, -0.15) is 0 Å². The molecule has 6 nitrogen and oxygen atoms in total. The molecule has 0 saturated carbocycles. The molecule has 0 fully saturated rings. The fraction of sp³-hybridized carbons (Fsp3) is 0.174. The molecule has 0 saturated heterocycles.